The highest BCUT2D eigenvalue weighted by Crippen LogP contribution is 2.21. The van der Waals surface area contributed by atoms with Crippen molar-refractivity contribution in [3.8, 4) is 11.1 Å². The number of amides is 1. The lowest BCUT2D eigenvalue weighted by Crippen LogP contribution is -2.60. The van der Waals surface area contributed by atoms with Crippen LogP contribution in [0.25, 0.3) is 11.1 Å². The predicted octanol–water partition coefficient (Wildman–Crippen LogP) is 1.58. The third kappa shape index (κ3) is 5.19. The molecule has 8 heteroatoms. The van der Waals surface area contributed by atoms with Crippen LogP contribution in [0.15, 0.2) is 54.6 Å². The van der Waals surface area contributed by atoms with Crippen LogP contribution >= 0.6 is 0 Å². The molecule has 4 N–H and O–H groups in total. The number of nitrogens with one attached hydrogen (secondary N) is 2. The smallest absolute Gasteiger partial charge is 0.268 e. The van der Waals surface area contributed by atoms with Gasteiger partial charge in [0.1, 0.15) is 18.2 Å². The highest BCUT2D eigenvalue weighted by molar-refractivity contribution is 5.94. The minimum atomic E-state index is -3.22. The maximum absolute atomic E-state index is 13.0. The molecule has 0 aliphatic heterocycles. The van der Waals surface area contributed by atoms with E-state index in [0.717, 1.165) is 18.1 Å². The van der Waals surface area contributed by atoms with Gasteiger partial charge in [0.25, 0.3) is 12.3 Å². The Morgan fingerprint density at radius 1 is 1.04 bits per heavy atom. The number of Topliss-reactive ketones (excluding diaryl/α,β-unsaturated/α-hetero) is 1. The summed E-state index contributed by atoms with van der Waals surface area (Å²) < 4.78 is 26.0. The fraction of sp³-hybridized carbons (Fsp3) is 0.300. The molecule has 28 heavy (non-hydrogen) atoms. The van der Waals surface area contributed by atoms with E-state index in [4.69, 9.17) is 5.11 Å². The number of rotatable bonds is 9. The van der Waals surface area contributed by atoms with E-state index in [2.05, 4.69) is 10.6 Å². The summed E-state index contributed by atoms with van der Waals surface area (Å²) in [5.74, 6) is -1.49. The summed E-state index contributed by atoms with van der Waals surface area (Å²) in [6.45, 7) is -0.582. The lowest BCUT2D eigenvalue weighted by molar-refractivity contribution is -0.143. The lowest BCUT2D eigenvalue weighted by Gasteiger charge is -2.31. The Labute approximate surface area is 161 Å². The standard InChI is InChI=1S/C20H22F2N2O4/c1-20(28,19(21)22)17(16(26)11-25)23-12-24-18(27)15-9-7-14(8-10-15)13-5-3-2-4-6-13/h2-10,17,19,23,25,28H,11-12H2,1H3,(H,24,27)/t17-,20+/m1/s1. The fourth-order valence-electron chi connectivity index (χ4n) is 2.64. The van der Waals surface area contributed by atoms with Crippen LogP contribution in [0.4, 0.5) is 8.78 Å². The topological polar surface area (TPSA) is 98.7 Å². The van der Waals surface area contributed by atoms with Crippen LogP contribution in [-0.2, 0) is 4.79 Å². The van der Waals surface area contributed by atoms with Gasteiger partial charge in [-0.1, -0.05) is 42.5 Å². The number of halogens is 2. The minimum absolute atomic E-state index is 0.340. The van der Waals surface area contributed by atoms with Gasteiger partial charge in [-0.3, -0.25) is 14.9 Å². The third-order valence-electron chi connectivity index (χ3n) is 4.31. The van der Waals surface area contributed by atoms with Gasteiger partial charge in [0.15, 0.2) is 5.78 Å². The summed E-state index contributed by atoms with van der Waals surface area (Å²) in [7, 11) is 0. The molecule has 2 atom stereocenters. The van der Waals surface area contributed by atoms with Crippen molar-refractivity contribution < 1.29 is 28.6 Å². The zero-order chi connectivity index (χ0) is 20.7. The first kappa shape index (κ1) is 21.6. The van der Waals surface area contributed by atoms with Gasteiger partial charge in [-0.15, -0.1) is 0 Å². The summed E-state index contributed by atoms with van der Waals surface area (Å²) in [6, 6.07) is 14.6. The van der Waals surface area contributed by atoms with E-state index in [1.54, 1.807) is 24.3 Å². The number of ketones is 1. The maximum Gasteiger partial charge on any atom is 0.268 e. The number of hydrogen-bond acceptors (Lipinski definition) is 5. The molecule has 2 rings (SSSR count). The minimum Gasteiger partial charge on any atom is -0.389 e. The molecule has 0 radical (unpaired) electrons. The van der Waals surface area contributed by atoms with Crippen LogP contribution in [0.2, 0.25) is 0 Å². The number of aliphatic hydroxyl groups excluding tert-OH is 1. The van der Waals surface area contributed by atoms with Crippen LogP contribution in [0.5, 0.6) is 0 Å². The van der Waals surface area contributed by atoms with E-state index in [1.165, 1.54) is 0 Å². The maximum atomic E-state index is 13.0. The molecular weight excluding hydrogens is 370 g/mol. The van der Waals surface area contributed by atoms with Crippen molar-refractivity contribution >= 4 is 11.7 Å². The van der Waals surface area contributed by atoms with Crippen LogP contribution in [0, 0.1) is 0 Å². The van der Waals surface area contributed by atoms with Crippen LogP contribution in [-0.4, -0.2) is 53.2 Å². The molecule has 0 unspecified atom stereocenters. The normalized spacial score (nSPS) is 14.4. The molecule has 0 aliphatic rings. The zero-order valence-corrected chi connectivity index (χ0v) is 15.2. The summed E-state index contributed by atoms with van der Waals surface area (Å²) in [4.78, 5) is 23.9. The largest absolute Gasteiger partial charge is 0.389 e. The first-order valence-electron chi connectivity index (χ1n) is 8.58. The molecule has 0 spiro atoms. The van der Waals surface area contributed by atoms with E-state index < -0.39 is 36.4 Å². The molecule has 0 bridgehead atoms. The summed E-state index contributed by atoms with van der Waals surface area (Å²) in [5, 5.41) is 23.5. The average molecular weight is 392 g/mol. The summed E-state index contributed by atoms with van der Waals surface area (Å²) in [6.07, 6.45) is -3.22. The van der Waals surface area contributed by atoms with E-state index >= 15 is 0 Å². The van der Waals surface area contributed by atoms with Gasteiger partial charge in [0, 0.05) is 5.56 Å². The summed E-state index contributed by atoms with van der Waals surface area (Å²) >= 11 is 0. The third-order valence-corrected chi connectivity index (χ3v) is 4.31. The SMILES string of the molecule is C[C@@](O)(C(F)F)[C@H](NCNC(=O)c1ccc(-c2ccccc2)cc1)C(=O)CO. The zero-order valence-electron chi connectivity index (χ0n) is 15.2. The molecule has 2 aromatic rings. The fourth-order valence-corrected chi connectivity index (χ4v) is 2.64. The van der Waals surface area contributed by atoms with Gasteiger partial charge >= 0.3 is 0 Å². The van der Waals surface area contributed by atoms with E-state index in [9.17, 15) is 23.5 Å². The van der Waals surface area contributed by atoms with Gasteiger partial charge in [0.2, 0.25) is 0 Å². The number of hydrogen-bond donors (Lipinski definition) is 4. The Morgan fingerprint density at radius 3 is 2.14 bits per heavy atom. The summed E-state index contributed by atoms with van der Waals surface area (Å²) in [5.41, 5.74) is -0.429. The molecule has 0 fully saturated rings. The van der Waals surface area contributed by atoms with Crippen molar-refractivity contribution in [1.29, 1.82) is 0 Å². The first-order valence-corrected chi connectivity index (χ1v) is 8.58. The number of benzene rings is 2. The first-order chi connectivity index (χ1) is 13.3. The van der Waals surface area contributed by atoms with E-state index in [-0.39, 0.29) is 6.67 Å². The van der Waals surface area contributed by atoms with Crippen LogP contribution < -0.4 is 10.6 Å². The van der Waals surface area contributed by atoms with E-state index in [1.807, 2.05) is 30.3 Å². The van der Waals surface area contributed by atoms with Gasteiger partial charge in [-0.25, -0.2) is 8.78 Å². The molecular formula is C20H22F2N2O4. The Kier molecular flexibility index (Phi) is 7.33. The van der Waals surface area contributed by atoms with Crippen molar-refractivity contribution in [2.75, 3.05) is 13.3 Å². The highest BCUT2D eigenvalue weighted by atomic mass is 19.3. The second kappa shape index (κ2) is 9.50. The van der Waals surface area contributed by atoms with Gasteiger partial charge < -0.3 is 15.5 Å². The quantitative estimate of drug-likeness (QED) is 0.486. The van der Waals surface area contributed by atoms with Crippen LogP contribution in [0.3, 0.4) is 0 Å². The molecule has 150 valence electrons. The Hall–Kier alpha value is -2.68. The van der Waals surface area contributed by atoms with Gasteiger partial charge in [-0.05, 0) is 30.2 Å². The number of aliphatic hydroxyl groups is 2. The molecule has 0 aliphatic carbocycles. The van der Waals surface area contributed by atoms with Crippen molar-refractivity contribution in [2.24, 2.45) is 0 Å². The number of carbonyl (C=O) groups excluding carboxylic acids is 2. The Morgan fingerprint density at radius 2 is 1.61 bits per heavy atom. The monoisotopic (exact) mass is 392 g/mol. The molecule has 6 nitrogen and oxygen atoms in total. The molecule has 1 amide bonds. The molecule has 2 aromatic carbocycles. The molecule has 0 heterocycles. The predicted molar refractivity (Wildman–Crippen MR) is 99.9 cm³/mol. The number of alkyl halides is 2. The molecule has 0 saturated carbocycles. The number of carbonyl (C=O) groups is 2. The van der Waals surface area contributed by atoms with E-state index in [0.29, 0.717) is 5.56 Å². The Bertz CT molecular complexity index is 796. The molecule has 0 saturated heterocycles. The highest BCUT2D eigenvalue weighted by Gasteiger charge is 2.44. The Balaban J connectivity index is 1.98. The van der Waals surface area contributed by atoms with Crippen molar-refractivity contribution in [3.05, 3.63) is 60.2 Å². The lowest BCUT2D eigenvalue weighted by atomic mass is 9.93. The van der Waals surface area contributed by atoms with Crippen molar-refractivity contribution in [2.45, 2.75) is 25.0 Å². The second-order valence-electron chi connectivity index (χ2n) is 6.41. The van der Waals surface area contributed by atoms with Crippen molar-refractivity contribution in [3.63, 3.8) is 0 Å². The molecule has 0 aromatic heterocycles. The van der Waals surface area contributed by atoms with Crippen molar-refractivity contribution in [1.82, 2.24) is 10.6 Å². The average Bonchev–Trinajstić information content (AvgIpc) is 2.71. The second-order valence-corrected chi connectivity index (χ2v) is 6.41. The van der Waals surface area contributed by atoms with Gasteiger partial charge in [0.05, 0.1) is 6.67 Å². The van der Waals surface area contributed by atoms with Crippen LogP contribution in [0.1, 0.15) is 17.3 Å². The van der Waals surface area contributed by atoms with Gasteiger partial charge in [-0.2, -0.15) is 0 Å².